The van der Waals surface area contributed by atoms with E-state index < -0.39 is 5.54 Å². The maximum Gasteiger partial charge on any atom is 0.246 e. The Bertz CT molecular complexity index is 796. The van der Waals surface area contributed by atoms with Crippen LogP contribution in [0.4, 0.5) is 9.52 Å². The van der Waals surface area contributed by atoms with Crippen molar-refractivity contribution in [3.63, 3.8) is 0 Å². The van der Waals surface area contributed by atoms with Crippen LogP contribution in [0.3, 0.4) is 0 Å². The molecule has 1 saturated carbocycles. The van der Waals surface area contributed by atoms with Crippen molar-refractivity contribution in [2.45, 2.75) is 43.6 Å². The number of benzene rings is 1. The minimum absolute atomic E-state index is 0.190. The van der Waals surface area contributed by atoms with Crippen molar-refractivity contribution in [2.24, 2.45) is 5.73 Å². The van der Waals surface area contributed by atoms with Gasteiger partial charge in [0, 0.05) is 30.4 Å². The summed E-state index contributed by atoms with van der Waals surface area (Å²) in [4.78, 5) is 18.4. The van der Waals surface area contributed by atoms with Gasteiger partial charge in [0.25, 0.3) is 0 Å². The van der Waals surface area contributed by atoms with Crippen LogP contribution in [0.1, 0.15) is 47.7 Å². The van der Waals surface area contributed by atoms with Gasteiger partial charge in [0.15, 0.2) is 5.13 Å². The average molecular weight is 375 g/mol. The lowest BCUT2D eigenvalue weighted by Gasteiger charge is -2.31. The monoisotopic (exact) mass is 375 g/mol. The summed E-state index contributed by atoms with van der Waals surface area (Å²) in [6.07, 6.45) is 3.99. The summed E-state index contributed by atoms with van der Waals surface area (Å²) in [5, 5.41) is 3.52. The Kier molecular flexibility index (Phi) is 4.77. The van der Waals surface area contributed by atoms with E-state index in [-0.39, 0.29) is 11.7 Å². The molecule has 1 aromatic carbocycles. The number of nitrogens with one attached hydrogen (secondary N) is 1. The van der Waals surface area contributed by atoms with Crippen molar-refractivity contribution in [3.8, 4) is 0 Å². The lowest BCUT2D eigenvalue weighted by atomic mass is 9.90. The molecule has 0 unspecified atom stereocenters. The Balaban J connectivity index is 1.52. The zero-order valence-electron chi connectivity index (χ0n) is 14.5. The van der Waals surface area contributed by atoms with Crippen molar-refractivity contribution >= 4 is 22.4 Å². The number of halogens is 1. The highest BCUT2D eigenvalue weighted by Crippen LogP contribution is 2.44. The van der Waals surface area contributed by atoms with E-state index in [9.17, 15) is 9.18 Å². The Hall–Kier alpha value is -1.83. The Morgan fingerprint density at radius 2 is 2.00 bits per heavy atom. The van der Waals surface area contributed by atoms with Crippen LogP contribution in [0, 0.1) is 5.82 Å². The van der Waals surface area contributed by atoms with E-state index in [2.05, 4.69) is 10.3 Å². The number of aromatic nitrogens is 1. The van der Waals surface area contributed by atoms with E-state index >= 15 is 0 Å². The third-order valence-electron chi connectivity index (χ3n) is 5.03. The molecule has 1 aliphatic carbocycles. The molecule has 0 bridgehead atoms. The molecule has 0 atom stereocenters. The van der Waals surface area contributed by atoms with E-state index in [1.54, 1.807) is 12.1 Å². The smallest absolute Gasteiger partial charge is 0.246 e. The number of thiazole rings is 1. The predicted molar refractivity (Wildman–Crippen MR) is 98.9 cm³/mol. The summed E-state index contributed by atoms with van der Waals surface area (Å²) in [6.45, 7) is 1.01. The highest BCUT2D eigenvalue weighted by Gasteiger charge is 2.37. The van der Waals surface area contributed by atoms with E-state index in [1.807, 2.05) is 0 Å². The van der Waals surface area contributed by atoms with Gasteiger partial charge in [-0.3, -0.25) is 4.79 Å². The van der Waals surface area contributed by atoms with Gasteiger partial charge in [-0.2, -0.15) is 0 Å². The van der Waals surface area contributed by atoms with Gasteiger partial charge in [-0.15, -0.1) is 11.3 Å². The largest absolute Gasteiger partial charge is 0.381 e. The first-order valence-electron chi connectivity index (χ1n) is 8.96. The molecule has 2 aliphatic rings. The number of hydrogen-bond donors (Lipinski definition) is 2. The summed E-state index contributed by atoms with van der Waals surface area (Å²) < 4.78 is 18.4. The first kappa shape index (κ1) is 17.6. The van der Waals surface area contributed by atoms with Gasteiger partial charge in [-0.25, -0.2) is 9.37 Å². The van der Waals surface area contributed by atoms with Crippen LogP contribution in [0.2, 0.25) is 0 Å². The Labute approximate surface area is 155 Å². The summed E-state index contributed by atoms with van der Waals surface area (Å²) in [5.74, 6) is 0.0469. The van der Waals surface area contributed by atoms with Crippen LogP contribution in [0.25, 0.3) is 0 Å². The van der Waals surface area contributed by atoms with Crippen LogP contribution in [-0.2, 0) is 16.0 Å². The first-order chi connectivity index (χ1) is 12.5. The molecular formula is C19H22FN3O2S. The third-order valence-corrected chi connectivity index (χ3v) is 6.01. The van der Waals surface area contributed by atoms with Crippen molar-refractivity contribution in [1.82, 2.24) is 4.98 Å². The zero-order chi connectivity index (χ0) is 18.1. The molecular weight excluding hydrogens is 353 g/mol. The second kappa shape index (κ2) is 7.06. The number of nitrogens with zero attached hydrogens (tertiary/aromatic N) is 1. The lowest BCUT2D eigenvalue weighted by molar-refractivity contribution is -0.124. The number of carbonyl (C=O) groups excluding carboxylic acids is 1. The fraction of sp³-hybridized carbons (Fsp3) is 0.474. The SMILES string of the molecule is NC1(C(=O)Nc2nc(C3CC3)c(Cc3ccc(F)cc3)s2)CCOCC1. The highest BCUT2D eigenvalue weighted by atomic mass is 32.1. The number of anilines is 1. The fourth-order valence-electron chi connectivity index (χ4n) is 3.19. The maximum absolute atomic E-state index is 13.1. The molecule has 2 heterocycles. The summed E-state index contributed by atoms with van der Waals surface area (Å²) >= 11 is 1.49. The van der Waals surface area contributed by atoms with Gasteiger partial charge >= 0.3 is 0 Å². The van der Waals surface area contributed by atoms with Crippen LogP contribution in [0.5, 0.6) is 0 Å². The molecule has 0 spiro atoms. The molecule has 26 heavy (non-hydrogen) atoms. The Morgan fingerprint density at radius 1 is 1.31 bits per heavy atom. The first-order valence-corrected chi connectivity index (χ1v) is 9.77. The molecule has 3 N–H and O–H groups in total. The fourth-order valence-corrected chi connectivity index (χ4v) is 4.27. The molecule has 1 saturated heterocycles. The molecule has 1 aromatic heterocycles. The number of amides is 1. The van der Waals surface area contributed by atoms with Crippen LogP contribution in [-0.4, -0.2) is 29.6 Å². The molecule has 5 nitrogen and oxygen atoms in total. The van der Waals surface area contributed by atoms with Crippen LogP contribution >= 0.6 is 11.3 Å². The van der Waals surface area contributed by atoms with Crippen molar-refractivity contribution < 1.29 is 13.9 Å². The number of ether oxygens (including phenoxy) is 1. The van der Waals surface area contributed by atoms with Crippen LogP contribution in [0.15, 0.2) is 24.3 Å². The van der Waals surface area contributed by atoms with E-state index in [1.165, 1.54) is 23.5 Å². The van der Waals surface area contributed by atoms with Gasteiger partial charge in [0.2, 0.25) is 5.91 Å². The summed E-state index contributed by atoms with van der Waals surface area (Å²) in [5.41, 5.74) is 7.47. The van der Waals surface area contributed by atoms with Gasteiger partial charge in [-0.1, -0.05) is 12.1 Å². The molecule has 7 heteroatoms. The normalized spacial score (nSPS) is 19.3. The molecule has 0 radical (unpaired) electrons. The summed E-state index contributed by atoms with van der Waals surface area (Å²) in [6, 6.07) is 6.53. The number of rotatable bonds is 5. The van der Waals surface area contributed by atoms with E-state index in [0.717, 1.165) is 29.0 Å². The average Bonchev–Trinajstić information content (AvgIpc) is 3.40. The molecule has 1 aliphatic heterocycles. The van der Waals surface area contributed by atoms with Crippen molar-refractivity contribution in [1.29, 1.82) is 0 Å². The third kappa shape index (κ3) is 3.79. The molecule has 1 amide bonds. The number of carbonyl (C=O) groups is 1. The second-order valence-electron chi connectivity index (χ2n) is 7.13. The summed E-state index contributed by atoms with van der Waals surface area (Å²) in [7, 11) is 0. The van der Waals surface area contributed by atoms with Gasteiger partial charge in [-0.05, 0) is 43.4 Å². The van der Waals surface area contributed by atoms with Crippen molar-refractivity contribution in [2.75, 3.05) is 18.5 Å². The number of nitrogens with two attached hydrogens (primary N) is 1. The second-order valence-corrected chi connectivity index (χ2v) is 8.21. The molecule has 4 rings (SSSR count). The standard InChI is InChI=1S/C19H22FN3O2S/c20-14-5-1-12(2-6-14)11-15-16(13-3-4-13)22-18(26-15)23-17(24)19(21)7-9-25-10-8-19/h1-2,5-6,13H,3-4,7-11,21H2,(H,22,23,24). The number of hydrogen-bond acceptors (Lipinski definition) is 5. The molecule has 2 fully saturated rings. The van der Waals surface area contributed by atoms with Crippen molar-refractivity contribution in [3.05, 3.63) is 46.2 Å². The topological polar surface area (TPSA) is 77.2 Å². The quantitative estimate of drug-likeness (QED) is 0.841. The van der Waals surface area contributed by atoms with Crippen LogP contribution < -0.4 is 11.1 Å². The maximum atomic E-state index is 13.1. The molecule has 2 aromatic rings. The molecule has 138 valence electrons. The van der Waals surface area contributed by atoms with Gasteiger partial charge in [0.1, 0.15) is 11.4 Å². The van der Waals surface area contributed by atoms with Gasteiger partial charge in [0.05, 0.1) is 5.69 Å². The van der Waals surface area contributed by atoms with E-state index in [0.29, 0.717) is 43.5 Å². The lowest BCUT2D eigenvalue weighted by Crippen LogP contribution is -2.54. The predicted octanol–water partition coefficient (Wildman–Crippen LogP) is 3.20. The minimum Gasteiger partial charge on any atom is -0.381 e. The zero-order valence-corrected chi connectivity index (χ0v) is 15.3. The Morgan fingerprint density at radius 3 is 2.65 bits per heavy atom. The highest BCUT2D eigenvalue weighted by molar-refractivity contribution is 7.15. The van der Waals surface area contributed by atoms with E-state index in [4.69, 9.17) is 10.5 Å². The minimum atomic E-state index is -0.888. The van der Waals surface area contributed by atoms with Gasteiger partial charge < -0.3 is 15.8 Å².